The summed E-state index contributed by atoms with van der Waals surface area (Å²) >= 11 is 0. The Balaban J connectivity index is 1.81. The minimum absolute atomic E-state index is 0.0384. The van der Waals surface area contributed by atoms with E-state index in [0.29, 0.717) is 5.69 Å². The van der Waals surface area contributed by atoms with Gasteiger partial charge in [0, 0.05) is 17.5 Å². The lowest BCUT2D eigenvalue weighted by atomic mass is 10.0. The number of hydrogen-bond donors (Lipinski definition) is 2. The topological polar surface area (TPSA) is 72.4 Å². The van der Waals surface area contributed by atoms with Gasteiger partial charge in [0.25, 0.3) is 0 Å². The molecule has 0 spiro atoms. The van der Waals surface area contributed by atoms with Gasteiger partial charge in [-0.1, -0.05) is 36.4 Å². The van der Waals surface area contributed by atoms with Crippen LogP contribution in [0.15, 0.2) is 60.8 Å². The highest BCUT2D eigenvalue weighted by Crippen LogP contribution is 2.28. The van der Waals surface area contributed by atoms with Crippen LogP contribution in [0.2, 0.25) is 0 Å². The fourth-order valence-corrected chi connectivity index (χ4v) is 3.06. The number of anilines is 1. The maximum atomic E-state index is 11.5. The number of rotatable bonds is 3. The molecule has 5 nitrogen and oxygen atoms in total. The van der Waals surface area contributed by atoms with Crippen molar-refractivity contribution in [2.45, 2.75) is 6.92 Å². The van der Waals surface area contributed by atoms with Crippen molar-refractivity contribution in [1.82, 2.24) is 9.38 Å². The Morgan fingerprint density at radius 3 is 2.72 bits per heavy atom. The summed E-state index contributed by atoms with van der Waals surface area (Å²) < 4.78 is 1.98. The zero-order valence-corrected chi connectivity index (χ0v) is 13.9. The number of carbonyl (C=O) groups excluding carboxylic acids is 1. The van der Waals surface area contributed by atoms with Crippen LogP contribution in [-0.2, 0) is 4.79 Å². The van der Waals surface area contributed by atoms with Gasteiger partial charge in [-0.05, 0) is 35.9 Å². The lowest BCUT2D eigenvalue weighted by Gasteiger charge is -2.05. The van der Waals surface area contributed by atoms with E-state index in [4.69, 9.17) is 10.7 Å². The Morgan fingerprint density at radius 2 is 1.92 bits per heavy atom. The van der Waals surface area contributed by atoms with Crippen molar-refractivity contribution in [2.75, 3.05) is 11.9 Å². The molecule has 1 amide bonds. The molecule has 124 valence electrons. The third-order valence-corrected chi connectivity index (χ3v) is 4.35. The average Bonchev–Trinajstić information content (AvgIpc) is 2.97. The minimum Gasteiger partial charge on any atom is -0.324 e. The number of hydrogen-bond acceptors (Lipinski definition) is 3. The summed E-state index contributed by atoms with van der Waals surface area (Å²) in [6.45, 7) is 1.99. The van der Waals surface area contributed by atoms with E-state index in [0.717, 1.165) is 22.6 Å². The molecule has 0 aliphatic rings. The molecular weight excluding hydrogens is 312 g/mol. The molecule has 0 unspecified atom stereocenters. The number of pyridine rings is 1. The van der Waals surface area contributed by atoms with Gasteiger partial charge < -0.3 is 15.5 Å². The largest absolute Gasteiger partial charge is 0.324 e. The summed E-state index contributed by atoms with van der Waals surface area (Å²) in [4.78, 5) is 16.2. The van der Waals surface area contributed by atoms with Crippen molar-refractivity contribution >= 4 is 28.0 Å². The molecule has 0 radical (unpaired) electrons. The van der Waals surface area contributed by atoms with E-state index in [2.05, 4.69) is 35.6 Å². The van der Waals surface area contributed by atoms with E-state index in [1.165, 1.54) is 10.8 Å². The molecule has 0 atom stereocenters. The highest BCUT2D eigenvalue weighted by atomic mass is 16.1. The van der Waals surface area contributed by atoms with Crippen LogP contribution in [0, 0.1) is 6.92 Å². The van der Waals surface area contributed by atoms with Crippen molar-refractivity contribution in [3.05, 3.63) is 66.5 Å². The Kier molecular flexibility index (Phi) is 3.71. The number of nitrogens with zero attached hydrogens (tertiary/aromatic N) is 2. The van der Waals surface area contributed by atoms with E-state index >= 15 is 0 Å². The third-order valence-electron chi connectivity index (χ3n) is 4.35. The molecule has 25 heavy (non-hydrogen) atoms. The number of aromatic nitrogens is 2. The summed E-state index contributed by atoms with van der Waals surface area (Å²) in [5, 5.41) is 5.17. The molecule has 0 fully saturated rings. The smallest absolute Gasteiger partial charge is 0.238 e. The number of imidazole rings is 1. The second kappa shape index (κ2) is 6.03. The zero-order chi connectivity index (χ0) is 17.4. The molecular formula is C20H18N4O. The van der Waals surface area contributed by atoms with Crippen LogP contribution >= 0.6 is 0 Å². The van der Waals surface area contributed by atoms with Crippen molar-refractivity contribution < 1.29 is 4.79 Å². The highest BCUT2D eigenvalue weighted by molar-refractivity contribution is 5.92. The molecule has 0 saturated carbocycles. The first-order valence-corrected chi connectivity index (χ1v) is 8.13. The van der Waals surface area contributed by atoms with E-state index in [-0.39, 0.29) is 12.5 Å². The van der Waals surface area contributed by atoms with Gasteiger partial charge in [0.1, 0.15) is 5.65 Å². The van der Waals surface area contributed by atoms with Gasteiger partial charge in [-0.25, -0.2) is 4.98 Å². The standard InChI is InChI=1S/C20H18N4O/c1-13-20(16-7-6-14-4-2-3-5-15(14)10-16)23-18-9-8-17(12-24(13)18)22-19(25)11-21/h2-10,12H,11,21H2,1H3,(H,22,25). The van der Waals surface area contributed by atoms with E-state index < -0.39 is 0 Å². The molecule has 2 heterocycles. The SMILES string of the molecule is Cc1c(-c2ccc3ccccc3c2)nc2ccc(NC(=O)CN)cn12. The van der Waals surface area contributed by atoms with Crippen molar-refractivity contribution in [2.24, 2.45) is 5.73 Å². The molecule has 5 heteroatoms. The number of nitrogens with two attached hydrogens (primary N) is 1. The quantitative estimate of drug-likeness (QED) is 0.605. The predicted octanol–water partition coefficient (Wildman–Crippen LogP) is 3.36. The van der Waals surface area contributed by atoms with Crippen LogP contribution in [0.1, 0.15) is 5.69 Å². The fourth-order valence-electron chi connectivity index (χ4n) is 3.06. The van der Waals surface area contributed by atoms with Crippen LogP contribution in [0.3, 0.4) is 0 Å². The van der Waals surface area contributed by atoms with Crippen LogP contribution < -0.4 is 11.1 Å². The fraction of sp³-hybridized carbons (Fsp3) is 0.100. The first-order chi connectivity index (χ1) is 12.2. The molecule has 2 aromatic carbocycles. The number of carbonyl (C=O) groups is 1. The van der Waals surface area contributed by atoms with Crippen LogP contribution in [0.25, 0.3) is 27.7 Å². The second-order valence-corrected chi connectivity index (χ2v) is 6.01. The zero-order valence-electron chi connectivity index (χ0n) is 13.9. The van der Waals surface area contributed by atoms with Gasteiger partial charge in [0.2, 0.25) is 5.91 Å². The molecule has 0 aliphatic heterocycles. The molecule has 0 aliphatic carbocycles. The summed E-state index contributed by atoms with van der Waals surface area (Å²) in [5.74, 6) is -0.216. The lowest BCUT2D eigenvalue weighted by Crippen LogP contribution is -2.21. The molecule has 4 aromatic rings. The second-order valence-electron chi connectivity index (χ2n) is 6.01. The Morgan fingerprint density at radius 1 is 1.12 bits per heavy atom. The summed E-state index contributed by atoms with van der Waals surface area (Å²) in [6.07, 6.45) is 1.87. The Labute approximate surface area is 145 Å². The van der Waals surface area contributed by atoms with E-state index in [1.54, 1.807) is 0 Å². The normalized spacial score (nSPS) is 11.1. The predicted molar refractivity (Wildman–Crippen MR) is 101 cm³/mol. The number of nitrogens with one attached hydrogen (secondary N) is 1. The summed E-state index contributed by atoms with van der Waals surface area (Å²) in [7, 11) is 0. The van der Waals surface area contributed by atoms with Crippen molar-refractivity contribution in [3.8, 4) is 11.3 Å². The van der Waals surface area contributed by atoms with Gasteiger partial charge >= 0.3 is 0 Å². The minimum atomic E-state index is -0.216. The number of amides is 1. The number of fused-ring (bicyclic) bond motifs is 2. The Bertz CT molecular complexity index is 1100. The highest BCUT2D eigenvalue weighted by Gasteiger charge is 2.12. The van der Waals surface area contributed by atoms with Crippen LogP contribution in [0.5, 0.6) is 0 Å². The Hall–Kier alpha value is -3.18. The van der Waals surface area contributed by atoms with Gasteiger partial charge in [0.15, 0.2) is 0 Å². The van der Waals surface area contributed by atoms with Gasteiger partial charge in [-0.2, -0.15) is 0 Å². The average molecular weight is 330 g/mol. The molecule has 3 N–H and O–H groups in total. The van der Waals surface area contributed by atoms with E-state index in [1.807, 2.05) is 41.8 Å². The number of aryl methyl sites for hydroxylation is 1. The third kappa shape index (κ3) is 2.75. The van der Waals surface area contributed by atoms with Gasteiger partial charge in [-0.3, -0.25) is 4.79 Å². The van der Waals surface area contributed by atoms with E-state index in [9.17, 15) is 4.79 Å². The van der Waals surface area contributed by atoms with Crippen LogP contribution in [-0.4, -0.2) is 21.8 Å². The number of benzene rings is 2. The lowest BCUT2D eigenvalue weighted by molar-refractivity contribution is -0.114. The van der Waals surface area contributed by atoms with Gasteiger partial charge in [0.05, 0.1) is 17.9 Å². The molecule has 0 bridgehead atoms. The maximum absolute atomic E-state index is 11.5. The van der Waals surface area contributed by atoms with Crippen molar-refractivity contribution in [3.63, 3.8) is 0 Å². The van der Waals surface area contributed by atoms with Crippen LogP contribution in [0.4, 0.5) is 5.69 Å². The first kappa shape index (κ1) is 15.4. The molecule has 0 saturated heterocycles. The van der Waals surface area contributed by atoms with Gasteiger partial charge in [-0.15, -0.1) is 0 Å². The molecule has 2 aromatic heterocycles. The maximum Gasteiger partial charge on any atom is 0.238 e. The first-order valence-electron chi connectivity index (χ1n) is 8.13. The van der Waals surface area contributed by atoms with Crippen molar-refractivity contribution in [1.29, 1.82) is 0 Å². The molecule has 4 rings (SSSR count). The summed E-state index contributed by atoms with van der Waals surface area (Å²) in [5.41, 5.74) is 9.94. The monoisotopic (exact) mass is 330 g/mol. The summed E-state index contributed by atoms with van der Waals surface area (Å²) in [6, 6.07) is 18.4.